The molecule has 0 unspecified atom stereocenters. The van der Waals surface area contributed by atoms with E-state index in [9.17, 15) is 0 Å². The lowest BCUT2D eigenvalue weighted by Crippen LogP contribution is -2.41. The Labute approximate surface area is 162 Å². The minimum Gasteiger partial charge on any atom is -0.375 e. The molecule has 1 saturated heterocycles. The number of nitrogens with zero attached hydrogens (tertiary/aromatic N) is 4. The van der Waals surface area contributed by atoms with Gasteiger partial charge in [-0.1, -0.05) is 12.1 Å². The average molecular weight is 374 g/mol. The smallest absolute Gasteiger partial charge is 0.182 e. The predicted octanol–water partition coefficient (Wildman–Crippen LogP) is 3.34. The van der Waals surface area contributed by atoms with Crippen molar-refractivity contribution >= 4 is 33.7 Å². The third kappa shape index (κ3) is 3.36. The second kappa shape index (κ2) is 7.09. The molecule has 28 heavy (non-hydrogen) atoms. The summed E-state index contributed by atoms with van der Waals surface area (Å²) in [5.41, 5.74) is 3.76. The zero-order valence-corrected chi connectivity index (χ0v) is 15.7. The zero-order valence-electron chi connectivity index (χ0n) is 15.7. The van der Waals surface area contributed by atoms with Crippen LogP contribution in [0.5, 0.6) is 0 Å². The first-order chi connectivity index (χ1) is 13.7. The molecule has 4 heterocycles. The first-order valence-corrected chi connectivity index (χ1v) is 9.55. The van der Waals surface area contributed by atoms with Crippen LogP contribution in [0.1, 0.15) is 12.5 Å². The Balaban J connectivity index is 1.35. The molecule has 7 heteroatoms. The molecule has 1 fully saturated rings. The fraction of sp³-hybridized carbons (Fsp3) is 0.286. The number of fused-ring (bicyclic) bond motifs is 2. The lowest BCUT2D eigenvalue weighted by atomic mass is 10.1. The van der Waals surface area contributed by atoms with Crippen LogP contribution in [-0.4, -0.2) is 45.7 Å². The van der Waals surface area contributed by atoms with Gasteiger partial charge in [-0.3, -0.25) is 0 Å². The molecule has 0 bridgehead atoms. The first-order valence-electron chi connectivity index (χ1n) is 9.55. The van der Waals surface area contributed by atoms with Crippen LogP contribution in [0, 0.1) is 0 Å². The van der Waals surface area contributed by atoms with Gasteiger partial charge in [0, 0.05) is 31.3 Å². The molecule has 7 nitrogen and oxygen atoms in total. The molecule has 1 aromatic carbocycles. The standard InChI is InChI=1S/C21H22N6O/c1-14-13-27(8-9-28-14)20-5-4-17-21(26-20)25-19(12-23-17)24-11-15-2-3-16-6-7-22-18(16)10-15/h2-7,10,12,14,22H,8-9,11,13H2,1H3,(H,24,25,26)/t14-/m1/s1. The Morgan fingerprint density at radius 1 is 1.21 bits per heavy atom. The van der Waals surface area contributed by atoms with Gasteiger partial charge in [0.1, 0.15) is 17.2 Å². The molecule has 1 aliphatic rings. The van der Waals surface area contributed by atoms with Crippen LogP contribution in [0.2, 0.25) is 0 Å². The lowest BCUT2D eigenvalue weighted by molar-refractivity contribution is 0.0529. The number of aromatic amines is 1. The third-order valence-electron chi connectivity index (χ3n) is 5.05. The van der Waals surface area contributed by atoms with Gasteiger partial charge >= 0.3 is 0 Å². The highest BCUT2D eigenvalue weighted by Gasteiger charge is 2.18. The van der Waals surface area contributed by atoms with E-state index in [0.29, 0.717) is 12.2 Å². The summed E-state index contributed by atoms with van der Waals surface area (Å²) in [6.07, 6.45) is 3.92. The number of nitrogens with one attached hydrogen (secondary N) is 2. The van der Waals surface area contributed by atoms with Crippen molar-refractivity contribution in [1.82, 2.24) is 19.9 Å². The minimum atomic E-state index is 0.211. The number of rotatable bonds is 4. The fourth-order valence-corrected chi connectivity index (χ4v) is 3.57. The van der Waals surface area contributed by atoms with Crippen LogP contribution in [0.15, 0.2) is 48.8 Å². The average Bonchev–Trinajstić information content (AvgIpc) is 3.19. The van der Waals surface area contributed by atoms with Crippen LogP contribution < -0.4 is 10.2 Å². The van der Waals surface area contributed by atoms with Gasteiger partial charge in [0.2, 0.25) is 0 Å². The van der Waals surface area contributed by atoms with E-state index in [0.717, 1.165) is 42.4 Å². The molecule has 3 aromatic heterocycles. The number of aromatic nitrogens is 4. The van der Waals surface area contributed by atoms with Crippen LogP contribution in [-0.2, 0) is 11.3 Å². The highest BCUT2D eigenvalue weighted by molar-refractivity contribution is 5.80. The van der Waals surface area contributed by atoms with Gasteiger partial charge < -0.3 is 19.9 Å². The number of hydrogen-bond donors (Lipinski definition) is 2. The van der Waals surface area contributed by atoms with Crippen LogP contribution >= 0.6 is 0 Å². The van der Waals surface area contributed by atoms with Gasteiger partial charge in [-0.15, -0.1) is 0 Å². The van der Waals surface area contributed by atoms with Gasteiger partial charge in [-0.25, -0.2) is 15.0 Å². The second-order valence-corrected chi connectivity index (χ2v) is 7.15. The summed E-state index contributed by atoms with van der Waals surface area (Å²) >= 11 is 0. The predicted molar refractivity (Wildman–Crippen MR) is 111 cm³/mol. The fourth-order valence-electron chi connectivity index (χ4n) is 3.57. The van der Waals surface area contributed by atoms with E-state index < -0.39 is 0 Å². The molecular formula is C21H22N6O. The quantitative estimate of drug-likeness (QED) is 0.570. The van der Waals surface area contributed by atoms with Crippen molar-refractivity contribution in [2.75, 3.05) is 29.9 Å². The molecule has 2 N–H and O–H groups in total. The normalized spacial score (nSPS) is 17.3. The SMILES string of the molecule is C[C@@H]1CN(c2ccc3ncc(NCc4ccc5cc[nH]c5c4)nc3n2)CCO1. The van der Waals surface area contributed by atoms with Gasteiger partial charge in [-0.05, 0) is 42.1 Å². The van der Waals surface area contributed by atoms with Crippen molar-refractivity contribution in [2.45, 2.75) is 19.6 Å². The van der Waals surface area contributed by atoms with Crippen molar-refractivity contribution in [3.05, 3.63) is 54.4 Å². The zero-order chi connectivity index (χ0) is 18.9. The third-order valence-corrected chi connectivity index (χ3v) is 5.05. The Bertz CT molecular complexity index is 1120. The summed E-state index contributed by atoms with van der Waals surface area (Å²) in [6, 6.07) is 12.4. The van der Waals surface area contributed by atoms with Crippen molar-refractivity contribution in [2.24, 2.45) is 0 Å². The van der Waals surface area contributed by atoms with Crippen molar-refractivity contribution in [3.63, 3.8) is 0 Å². The van der Waals surface area contributed by atoms with Crippen molar-refractivity contribution in [3.8, 4) is 0 Å². The molecule has 142 valence electrons. The van der Waals surface area contributed by atoms with E-state index in [1.54, 1.807) is 6.20 Å². The summed E-state index contributed by atoms with van der Waals surface area (Å²) in [5.74, 6) is 1.64. The molecule has 1 aliphatic heterocycles. The van der Waals surface area contributed by atoms with Gasteiger partial charge in [0.25, 0.3) is 0 Å². The summed E-state index contributed by atoms with van der Waals surface area (Å²) < 4.78 is 5.62. The molecule has 0 amide bonds. The molecule has 0 radical (unpaired) electrons. The Kier molecular flexibility index (Phi) is 4.29. The molecule has 0 saturated carbocycles. The summed E-state index contributed by atoms with van der Waals surface area (Å²) in [6.45, 7) is 5.16. The van der Waals surface area contributed by atoms with Crippen LogP contribution in [0.25, 0.3) is 22.1 Å². The largest absolute Gasteiger partial charge is 0.375 e. The maximum absolute atomic E-state index is 5.62. The van der Waals surface area contributed by atoms with Crippen molar-refractivity contribution < 1.29 is 4.74 Å². The lowest BCUT2D eigenvalue weighted by Gasteiger charge is -2.31. The van der Waals surface area contributed by atoms with E-state index >= 15 is 0 Å². The Hall–Kier alpha value is -3.19. The number of pyridine rings is 1. The number of hydrogen-bond acceptors (Lipinski definition) is 6. The first kappa shape index (κ1) is 16.9. The van der Waals surface area contributed by atoms with E-state index in [2.05, 4.69) is 56.4 Å². The molecule has 5 rings (SSSR count). The summed E-state index contributed by atoms with van der Waals surface area (Å²) in [4.78, 5) is 19.4. The van der Waals surface area contributed by atoms with Crippen molar-refractivity contribution in [1.29, 1.82) is 0 Å². The summed E-state index contributed by atoms with van der Waals surface area (Å²) in [7, 11) is 0. The topological polar surface area (TPSA) is 79.0 Å². The number of H-pyrrole nitrogens is 1. The Morgan fingerprint density at radius 3 is 3.11 bits per heavy atom. The maximum atomic E-state index is 5.62. The van der Waals surface area contributed by atoms with E-state index in [1.165, 1.54) is 10.9 Å². The molecule has 0 aliphatic carbocycles. The number of anilines is 2. The molecule has 0 spiro atoms. The molecular weight excluding hydrogens is 352 g/mol. The van der Waals surface area contributed by atoms with Gasteiger partial charge in [0.05, 0.1) is 18.9 Å². The molecule has 1 atom stereocenters. The van der Waals surface area contributed by atoms with Crippen LogP contribution in [0.4, 0.5) is 11.6 Å². The second-order valence-electron chi connectivity index (χ2n) is 7.15. The number of ether oxygens (including phenoxy) is 1. The maximum Gasteiger partial charge on any atom is 0.182 e. The van der Waals surface area contributed by atoms with Gasteiger partial charge in [-0.2, -0.15) is 0 Å². The van der Waals surface area contributed by atoms with Gasteiger partial charge in [0.15, 0.2) is 5.65 Å². The number of benzene rings is 1. The Morgan fingerprint density at radius 2 is 2.18 bits per heavy atom. The highest BCUT2D eigenvalue weighted by Crippen LogP contribution is 2.20. The molecule has 4 aromatic rings. The highest BCUT2D eigenvalue weighted by atomic mass is 16.5. The summed E-state index contributed by atoms with van der Waals surface area (Å²) in [5, 5.41) is 4.57. The van der Waals surface area contributed by atoms with Crippen LogP contribution in [0.3, 0.4) is 0 Å². The monoisotopic (exact) mass is 374 g/mol. The van der Waals surface area contributed by atoms with E-state index in [-0.39, 0.29) is 6.10 Å². The van der Waals surface area contributed by atoms with E-state index in [1.807, 2.05) is 18.3 Å². The minimum absolute atomic E-state index is 0.211. The number of morpholine rings is 1. The van der Waals surface area contributed by atoms with E-state index in [4.69, 9.17) is 9.72 Å².